The van der Waals surface area contributed by atoms with E-state index in [1.165, 1.54) is 6.08 Å². The molecule has 0 bridgehead atoms. The predicted octanol–water partition coefficient (Wildman–Crippen LogP) is 3.43. The molecule has 0 saturated heterocycles. The highest BCUT2D eigenvalue weighted by Gasteiger charge is 2.09. The van der Waals surface area contributed by atoms with Gasteiger partial charge in [0.25, 0.3) is 0 Å². The highest BCUT2D eigenvalue weighted by Crippen LogP contribution is 2.25. The van der Waals surface area contributed by atoms with Gasteiger partial charge in [-0.15, -0.1) is 0 Å². The van der Waals surface area contributed by atoms with Crippen molar-refractivity contribution in [2.75, 3.05) is 19.0 Å². The van der Waals surface area contributed by atoms with E-state index in [4.69, 9.17) is 11.6 Å². The highest BCUT2D eigenvalue weighted by molar-refractivity contribution is 6.32. The number of hydrogen-bond donors (Lipinski definition) is 0. The molecule has 0 spiro atoms. The van der Waals surface area contributed by atoms with Crippen molar-refractivity contribution in [1.82, 2.24) is 0 Å². The van der Waals surface area contributed by atoms with E-state index < -0.39 is 0 Å². The van der Waals surface area contributed by atoms with Gasteiger partial charge in [-0.25, -0.2) is 0 Å². The minimum Gasteiger partial charge on any atom is -0.378 e. The second kappa shape index (κ2) is 5.68. The van der Waals surface area contributed by atoms with Crippen LogP contribution >= 0.6 is 11.6 Å². The zero-order chi connectivity index (χ0) is 13.0. The Kier molecular flexibility index (Phi) is 4.52. The minimum absolute atomic E-state index is 0.157. The van der Waals surface area contributed by atoms with Gasteiger partial charge < -0.3 is 4.90 Å². The molecule has 0 aliphatic heterocycles. The summed E-state index contributed by atoms with van der Waals surface area (Å²) in [5.41, 5.74) is 1.79. The molecule has 1 aromatic carbocycles. The third-order valence-electron chi connectivity index (χ3n) is 2.42. The Labute approximate surface area is 106 Å². The topological polar surface area (TPSA) is 46.4 Å². The van der Waals surface area contributed by atoms with Crippen LogP contribution in [0.15, 0.2) is 23.9 Å². The van der Waals surface area contributed by atoms with Crippen molar-refractivity contribution < 1.29 is 4.92 Å². The molecule has 0 atom stereocenters. The van der Waals surface area contributed by atoms with Gasteiger partial charge in [-0.05, 0) is 17.7 Å². The summed E-state index contributed by atoms with van der Waals surface area (Å²) >= 11 is 6.09. The lowest BCUT2D eigenvalue weighted by Crippen LogP contribution is -2.08. The Morgan fingerprint density at radius 1 is 1.53 bits per heavy atom. The number of rotatable bonds is 4. The summed E-state index contributed by atoms with van der Waals surface area (Å²) in [4.78, 5) is 12.3. The predicted molar refractivity (Wildman–Crippen MR) is 71.0 cm³/mol. The van der Waals surface area contributed by atoms with Crippen molar-refractivity contribution in [3.63, 3.8) is 0 Å². The first-order chi connectivity index (χ1) is 7.95. The van der Waals surface area contributed by atoms with E-state index in [-0.39, 0.29) is 10.6 Å². The van der Waals surface area contributed by atoms with Crippen LogP contribution in [-0.4, -0.2) is 19.0 Å². The van der Waals surface area contributed by atoms with Gasteiger partial charge in [0.1, 0.15) is 0 Å². The molecular weight excluding hydrogens is 240 g/mol. The number of nitrogens with zero attached hydrogens (tertiary/aromatic N) is 2. The Balaban J connectivity index is 3.12. The fourth-order valence-electron chi connectivity index (χ4n) is 1.37. The lowest BCUT2D eigenvalue weighted by molar-refractivity contribution is -0.425. The van der Waals surface area contributed by atoms with Gasteiger partial charge in [-0.2, -0.15) is 0 Å². The van der Waals surface area contributed by atoms with Gasteiger partial charge in [0.05, 0.1) is 9.95 Å². The molecule has 1 rings (SSSR count). The average molecular weight is 255 g/mol. The van der Waals surface area contributed by atoms with Crippen LogP contribution in [0.2, 0.25) is 5.02 Å². The van der Waals surface area contributed by atoms with Crippen molar-refractivity contribution in [2.45, 2.75) is 13.3 Å². The lowest BCUT2D eigenvalue weighted by atomic mass is 10.1. The second-order valence-corrected chi connectivity index (χ2v) is 4.25. The minimum atomic E-state index is -0.379. The van der Waals surface area contributed by atoms with Crippen LogP contribution in [-0.2, 0) is 0 Å². The van der Waals surface area contributed by atoms with E-state index in [2.05, 4.69) is 0 Å². The van der Waals surface area contributed by atoms with E-state index >= 15 is 0 Å². The van der Waals surface area contributed by atoms with E-state index in [1.54, 1.807) is 19.1 Å². The first-order valence-corrected chi connectivity index (χ1v) is 5.65. The van der Waals surface area contributed by atoms with Crippen molar-refractivity contribution in [2.24, 2.45) is 0 Å². The summed E-state index contributed by atoms with van der Waals surface area (Å²) in [5, 5.41) is 11.2. The first-order valence-electron chi connectivity index (χ1n) is 5.27. The summed E-state index contributed by atoms with van der Waals surface area (Å²) in [7, 11) is 3.82. The molecule has 0 N–H and O–H groups in total. The number of allylic oxidation sites excluding steroid dienone is 1. The number of hydrogen-bond acceptors (Lipinski definition) is 3. The van der Waals surface area contributed by atoms with Gasteiger partial charge in [0, 0.05) is 32.3 Å². The number of halogens is 1. The van der Waals surface area contributed by atoms with Gasteiger partial charge in [0.2, 0.25) is 5.70 Å². The zero-order valence-corrected chi connectivity index (χ0v) is 10.9. The summed E-state index contributed by atoms with van der Waals surface area (Å²) in [6, 6.07) is 5.46. The molecule has 1 aromatic rings. The van der Waals surface area contributed by atoms with Crippen LogP contribution in [0.3, 0.4) is 0 Å². The third kappa shape index (κ3) is 3.46. The van der Waals surface area contributed by atoms with Crippen molar-refractivity contribution in [1.29, 1.82) is 0 Å². The van der Waals surface area contributed by atoms with Crippen molar-refractivity contribution in [3.8, 4) is 0 Å². The van der Waals surface area contributed by atoms with Crippen LogP contribution in [0.1, 0.15) is 18.9 Å². The second-order valence-electron chi connectivity index (χ2n) is 3.85. The maximum absolute atomic E-state index is 10.7. The Hall–Kier alpha value is -1.55. The molecular formula is C12H15ClN2O2. The average Bonchev–Trinajstić information content (AvgIpc) is 2.26. The van der Waals surface area contributed by atoms with E-state index in [1.807, 2.05) is 25.1 Å². The number of anilines is 1. The van der Waals surface area contributed by atoms with Crippen LogP contribution < -0.4 is 4.90 Å². The number of nitro groups is 1. The molecule has 0 aliphatic rings. The third-order valence-corrected chi connectivity index (χ3v) is 2.75. The Morgan fingerprint density at radius 3 is 2.59 bits per heavy atom. The Bertz CT molecular complexity index is 456. The normalized spacial score (nSPS) is 11.4. The molecule has 0 aliphatic carbocycles. The summed E-state index contributed by atoms with van der Waals surface area (Å²) in [6.07, 6.45) is 1.89. The summed E-state index contributed by atoms with van der Waals surface area (Å²) in [6.45, 7) is 1.75. The van der Waals surface area contributed by atoms with E-state index in [0.29, 0.717) is 17.0 Å². The molecule has 17 heavy (non-hydrogen) atoms. The van der Waals surface area contributed by atoms with Crippen LogP contribution in [0, 0.1) is 10.1 Å². The Morgan fingerprint density at radius 2 is 2.18 bits per heavy atom. The lowest BCUT2D eigenvalue weighted by Gasteiger charge is -2.13. The monoisotopic (exact) mass is 254 g/mol. The molecule has 0 saturated carbocycles. The number of benzene rings is 1. The molecule has 0 heterocycles. The van der Waals surface area contributed by atoms with Crippen molar-refractivity contribution >= 4 is 23.4 Å². The molecule has 4 nitrogen and oxygen atoms in total. The van der Waals surface area contributed by atoms with Gasteiger partial charge in [0.15, 0.2) is 0 Å². The molecule has 0 unspecified atom stereocenters. The molecule has 0 fully saturated rings. The SMILES string of the molecule is CC/C(=C/c1ccc(N(C)C)cc1Cl)[N+](=O)[O-]. The van der Waals surface area contributed by atoms with Crippen molar-refractivity contribution in [3.05, 3.63) is 44.6 Å². The fraction of sp³-hybridized carbons (Fsp3) is 0.333. The molecule has 0 radical (unpaired) electrons. The zero-order valence-electron chi connectivity index (χ0n) is 10.1. The fourth-order valence-corrected chi connectivity index (χ4v) is 1.60. The quantitative estimate of drug-likeness (QED) is 0.611. The first kappa shape index (κ1) is 13.5. The summed E-state index contributed by atoms with van der Waals surface area (Å²) < 4.78 is 0. The molecule has 0 aromatic heterocycles. The van der Waals surface area contributed by atoms with E-state index in [9.17, 15) is 10.1 Å². The molecule has 92 valence electrons. The van der Waals surface area contributed by atoms with E-state index in [0.717, 1.165) is 5.69 Å². The molecule has 0 amide bonds. The van der Waals surface area contributed by atoms with Crippen LogP contribution in [0.25, 0.3) is 6.08 Å². The smallest absolute Gasteiger partial charge is 0.246 e. The van der Waals surface area contributed by atoms with Gasteiger partial charge >= 0.3 is 0 Å². The maximum Gasteiger partial charge on any atom is 0.246 e. The van der Waals surface area contributed by atoms with Crippen LogP contribution in [0.4, 0.5) is 5.69 Å². The standard InChI is InChI=1S/C12H15ClN2O2/c1-4-10(15(16)17)7-9-5-6-11(14(2)3)8-12(9)13/h5-8H,4H2,1-3H3/b10-7-. The van der Waals surface area contributed by atoms with Crippen LogP contribution in [0.5, 0.6) is 0 Å². The highest BCUT2D eigenvalue weighted by atomic mass is 35.5. The maximum atomic E-state index is 10.7. The summed E-state index contributed by atoms with van der Waals surface area (Å²) in [5.74, 6) is 0. The largest absolute Gasteiger partial charge is 0.378 e. The van der Waals surface area contributed by atoms with Gasteiger partial charge in [-0.1, -0.05) is 24.6 Å². The molecule has 5 heteroatoms. The van der Waals surface area contributed by atoms with Gasteiger partial charge in [-0.3, -0.25) is 10.1 Å².